The van der Waals surface area contributed by atoms with Crippen LogP contribution in [0.3, 0.4) is 0 Å². The van der Waals surface area contributed by atoms with Gasteiger partial charge in [0.15, 0.2) is 0 Å². The van der Waals surface area contributed by atoms with Crippen molar-refractivity contribution in [3.63, 3.8) is 0 Å². The number of aliphatic hydroxyl groups excluding tert-OH is 1. The van der Waals surface area contributed by atoms with E-state index in [0.29, 0.717) is 45.0 Å². The molecule has 0 aliphatic carbocycles. The first-order valence-electron chi connectivity index (χ1n) is 8.03. The number of aromatic nitrogens is 2. The van der Waals surface area contributed by atoms with Gasteiger partial charge in [0.2, 0.25) is 5.95 Å². The molecular weight excluding hydrogens is 395 g/mol. The maximum Gasteiger partial charge on any atom is 0.221 e. The van der Waals surface area contributed by atoms with Crippen LogP contribution in [0.5, 0.6) is 5.75 Å². The molecule has 138 valence electrons. The molecule has 0 saturated carbocycles. The molecule has 0 aliphatic heterocycles. The fourth-order valence-corrected chi connectivity index (χ4v) is 3.92. The van der Waals surface area contributed by atoms with Crippen LogP contribution >= 0.6 is 34.5 Å². The average molecular weight is 413 g/mol. The molecular formula is C17H18Cl2N4O2S. The predicted octanol–water partition coefficient (Wildman–Crippen LogP) is 3.73. The van der Waals surface area contributed by atoms with Gasteiger partial charge in [0, 0.05) is 22.4 Å². The number of ether oxygens (including phenoxy) is 1. The third-order valence-electron chi connectivity index (χ3n) is 3.68. The quantitative estimate of drug-likeness (QED) is 0.511. The fourth-order valence-electron chi connectivity index (χ4n) is 2.50. The zero-order chi connectivity index (χ0) is 18.7. The molecule has 0 spiro atoms. The number of rotatable bonds is 7. The highest BCUT2D eigenvalue weighted by Gasteiger charge is 2.17. The Labute approximate surface area is 164 Å². The summed E-state index contributed by atoms with van der Waals surface area (Å²) in [6, 6.07) is 5.23. The summed E-state index contributed by atoms with van der Waals surface area (Å²) < 4.78 is 5.76. The number of likely N-dealkylation sites (N-methyl/N-ethyl adjacent to an activating group) is 1. The van der Waals surface area contributed by atoms with Gasteiger partial charge in [0.25, 0.3) is 0 Å². The maximum atomic E-state index is 9.41. The van der Waals surface area contributed by atoms with E-state index in [1.165, 1.54) is 11.3 Å². The Morgan fingerprint density at radius 3 is 2.77 bits per heavy atom. The van der Waals surface area contributed by atoms with E-state index in [9.17, 15) is 5.11 Å². The average Bonchev–Trinajstić information content (AvgIpc) is 3.02. The third kappa shape index (κ3) is 4.02. The van der Waals surface area contributed by atoms with E-state index in [4.69, 9.17) is 33.7 Å². The minimum absolute atomic E-state index is 0.0759. The van der Waals surface area contributed by atoms with E-state index < -0.39 is 0 Å². The van der Waals surface area contributed by atoms with Crippen molar-refractivity contribution in [1.29, 1.82) is 0 Å². The molecule has 3 rings (SSSR count). The van der Waals surface area contributed by atoms with Crippen LogP contribution in [0, 0.1) is 0 Å². The first-order chi connectivity index (χ1) is 12.5. The Bertz CT molecular complexity index is 933. The van der Waals surface area contributed by atoms with Gasteiger partial charge in [-0.05, 0) is 24.7 Å². The number of anilines is 1. The number of nitrogens with zero attached hydrogens (tertiary/aromatic N) is 2. The molecule has 0 radical (unpaired) electrons. The molecule has 2 aromatic heterocycles. The van der Waals surface area contributed by atoms with Gasteiger partial charge in [0.05, 0.1) is 22.3 Å². The lowest BCUT2D eigenvalue weighted by atomic mass is 10.1. The van der Waals surface area contributed by atoms with Gasteiger partial charge in [-0.25, -0.2) is 9.97 Å². The first kappa shape index (κ1) is 19.1. The molecule has 4 N–H and O–H groups in total. The molecule has 0 unspecified atom stereocenters. The molecule has 1 aromatic carbocycles. The second-order valence-corrected chi connectivity index (χ2v) is 7.41. The number of nitrogens with two attached hydrogens (primary N) is 1. The van der Waals surface area contributed by atoms with Crippen LogP contribution in [-0.4, -0.2) is 34.8 Å². The zero-order valence-corrected chi connectivity index (χ0v) is 16.4. The van der Waals surface area contributed by atoms with E-state index in [2.05, 4.69) is 15.3 Å². The second kappa shape index (κ2) is 8.37. The lowest BCUT2D eigenvalue weighted by Crippen LogP contribution is -2.20. The number of nitrogens with one attached hydrogen (secondary N) is 1. The monoisotopic (exact) mass is 412 g/mol. The number of fused-ring (bicyclic) bond motifs is 1. The van der Waals surface area contributed by atoms with Crippen molar-refractivity contribution in [1.82, 2.24) is 15.3 Å². The molecule has 0 amide bonds. The SMILES string of the molecule is CCNCCOc1cc(-c2nc(N)nc3sc(CO)cc23)c(Cl)cc1Cl. The molecule has 0 aliphatic rings. The van der Waals surface area contributed by atoms with Gasteiger partial charge in [-0.1, -0.05) is 30.1 Å². The van der Waals surface area contributed by atoms with E-state index >= 15 is 0 Å². The standard InChI is InChI=1S/C17H18Cl2N4O2S/c1-2-21-3-4-25-14-6-10(12(18)7-13(14)19)15-11-5-9(8-24)26-16(11)23-17(20)22-15/h5-7,21,24H,2-4,8H2,1H3,(H2,20,22,23). The smallest absolute Gasteiger partial charge is 0.221 e. The highest BCUT2D eigenvalue weighted by atomic mass is 35.5. The molecule has 9 heteroatoms. The summed E-state index contributed by atoms with van der Waals surface area (Å²) in [6.07, 6.45) is 0. The molecule has 6 nitrogen and oxygen atoms in total. The van der Waals surface area contributed by atoms with Crippen LogP contribution in [0.25, 0.3) is 21.5 Å². The molecule has 3 aromatic rings. The molecule has 0 bridgehead atoms. The van der Waals surface area contributed by atoms with Gasteiger partial charge < -0.3 is 20.9 Å². The van der Waals surface area contributed by atoms with Crippen molar-refractivity contribution in [3.8, 4) is 17.0 Å². The van der Waals surface area contributed by atoms with E-state index in [1.54, 1.807) is 12.1 Å². The van der Waals surface area contributed by atoms with Gasteiger partial charge in [-0.3, -0.25) is 0 Å². The fraction of sp³-hybridized carbons (Fsp3) is 0.294. The Morgan fingerprint density at radius 1 is 1.23 bits per heavy atom. The van der Waals surface area contributed by atoms with Crippen molar-refractivity contribution in [2.24, 2.45) is 0 Å². The Balaban J connectivity index is 2.05. The summed E-state index contributed by atoms with van der Waals surface area (Å²) >= 11 is 14.0. The van der Waals surface area contributed by atoms with E-state index in [1.807, 2.05) is 13.0 Å². The number of halogens is 2. The van der Waals surface area contributed by atoms with Gasteiger partial charge in [0.1, 0.15) is 17.2 Å². The van der Waals surface area contributed by atoms with Gasteiger partial charge in [-0.2, -0.15) is 0 Å². The van der Waals surface area contributed by atoms with Crippen molar-refractivity contribution in [3.05, 3.63) is 33.1 Å². The van der Waals surface area contributed by atoms with Crippen LogP contribution in [0.15, 0.2) is 18.2 Å². The maximum absolute atomic E-state index is 9.41. The highest BCUT2D eigenvalue weighted by Crippen LogP contribution is 2.40. The topological polar surface area (TPSA) is 93.3 Å². The van der Waals surface area contributed by atoms with Crippen molar-refractivity contribution in [2.75, 3.05) is 25.4 Å². The number of thiophene rings is 1. The summed E-state index contributed by atoms with van der Waals surface area (Å²) in [5.74, 6) is 0.659. The zero-order valence-electron chi connectivity index (χ0n) is 14.1. The lowest BCUT2D eigenvalue weighted by Gasteiger charge is -2.12. The molecule has 0 atom stereocenters. The molecule has 0 saturated heterocycles. The second-order valence-electron chi connectivity index (χ2n) is 5.48. The molecule has 0 fully saturated rings. The summed E-state index contributed by atoms with van der Waals surface area (Å²) in [5.41, 5.74) is 7.09. The van der Waals surface area contributed by atoms with Gasteiger partial charge >= 0.3 is 0 Å². The van der Waals surface area contributed by atoms with Crippen LogP contribution in [0.2, 0.25) is 10.0 Å². The predicted molar refractivity (Wildman–Crippen MR) is 107 cm³/mol. The van der Waals surface area contributed by atoms with Crippen LogP contribution < -0.4 is 15.8 Å². The number of nitrogen functional groups attached to an aromatic ring is 1. The molecule has 26 heavy (non-hydrogen) atoms. The third-order valence-corrected chi connectivity index (χ3v) is 5.30. The Hall–Kier alpha value is -1.64. The Morgan fingerprint density at radius 2 is 2.04 bits per heavy atom. The summed E-state index contributed by atoms with van der Waals surface area (Å²) in [5, 5.41) is 14.2. The summed E-state index contributed by atoms with van der Waals surface area (Å²) in [4.78, 5) is 10.1. The first-order valence-corrected chi connectivity index (χ1v) is 9.60. The summed E-state index contributed by atoms with van der Waals surface area (Å²) in [7, 11) is 0. The van der Waals surface area contributed by atoms with Crippen LogP contribution in [0.4, 0.5) is 5.95 Å². The van der Waals surface area contributed by atoms with E-state index in [0.717, 1.165) is 16.8 Å². The normalized spacial score (nSPS) is 11.2. The van der Waals surface area contributed by atoms with Crippen molar-refractivity contribution < 1.29 is 9.84 Å². The minimum atomic E-state index is -0.0759. The lowest BCUT2D eigenvalue weighted by molar-refractivity contribution is 0.285. The highest BCUT2D eigenvalue weighted by molar-refractivity contribution is 7.18. The van der Waals surface area contributed by atoms with E-state index in [-0.39, 0.29) is 12.6 Å². The number of benzene rings is 1. The molecule has 2 heterocycles. The Kier molecular flexibility index (Phi) is 6.16. The van der Waals surface area contributed by atoms with Gasteiger partial charge in [-0.15, -0.1) is 11.3 Å². The largest absolute Gasteiger partial charge is 0.491 e. The minimum Gasteiger partial charge on any atom is -0.491 e. The number of aliphatic hydroxyl groups is 1. The van der Waals surface area contributed by atoms with Crippen molar-refractivity contribution >= 4 is 50.7 Å². The van der Waals surface area contributed by atoms with Crippen LogP contribution in [-0.2, 0) is 6.61 Å². The van der Waals surface area contributed by atoms with Crippen molar-refractivity contribution in [2.45, 2.75) is 13.5 Å². The van der Waals surface area contributed by atoms with Crippen LogP contribution in [0.1, 0.15) is 11.8 Å². The number of hydrogen-bond acceptors (Lipinski definition) is 7. The number of hydrogen-bond donors (Lipinski definition) is 3. The summed E-state index contributed by atoms with van der Waals surface area (Å²) in [6.45, 7) is 4.00.